The van der Waals surface area contributed by atoms with E-state index in [1.165, 1.54) is 27.6 Å². The zero-order chi connectivity index (χ0) is 17.9. The Bertz CT molecular complexity index is 939. The highest BCUT2D eigenvalue weighted by atomic mass is 32.2. The fourth-order valence-corrected chi connectivity index (χ4v) is 4.43. The van der Waals surface area contributed by atoms with E-state index in [0.717, 1.165) is 29.4 Å². The van der Waals surface area contributed by atoms with Crippen molar-refractivity contribution in [3.05, 3.63) is 77.0 Å². The molecule has 2 heterocycles. The van der Waals surface area contributed by atoms with Crippen LogP contribution in [0.5, 0.6) is 0 Å². The smallest absolute Gasteiger partial charge is 0.157 e. The second kappa shape index (κ2) is 7.50. The molecule has 132 valence electrons. The molecule has 1 N–H and O–H groups in total. The molecule has 1 atom stereocenters. The van der Waals surface area contributed by atoms with Gasteiger partial charge in [-0.1, -0.05) is 65.4 Å². The van der Waals surface area contributed by atoms with Gasteiger partial charge in [0.05, 0.1) is 18.1 Å². The molecule has 1 unspecified atom stereocenters. The molecule has 0 saturated heterocycles. The van der Waals surface area contributed by atoms with Crippen molar-refractivity contribution < 1.29 is 0 Å². The first-order chi connectivity index (χ1) is 12.7. The predicted molar refractivity (Wildman–Crippen MR) is 112 cm³/mol. The van der Waals surface area contributed by atoms with E-state index >= 15 is 0 Å². The number of nitrogens with one attached hydrogen (secondary N) is 1. The summed E-state index contributed by atoms with van der Waals surface area (Å²) in [5.74, 6) is 1.06. The Morgan fingerprint density at radius 1 is 1.08 bits per heavy atom. The Hall–Kier alpha value is -2.33. The molecule has 1 aliphatic heterocycles. The van der Waals surface area contributed by atoms with Crippen LogP contribution in [0.2, 0.25) is 0 Å². The molecule has 2 aromatic carbocycles. The number of aliphatic imine (C=N–C) groups is 1. The number of rotatable bonds is 4. The Balaban J connectivity index is 1.74. The fourth-order valence-electron chi connectivity index (χ4n) is 3.64. The van der Waals surface area contributed by atoms with Crippen molar-refractivity contribution in [3.8, 4) is 0 Å². The summed E-state index contributed by atoms with van der Waals surface area (Å²) < 4.78 is 0. The van der Waals surface area contributed by atoms with Gasteiger partial charge >= 0.3 is 0 Å². The Labute approximate surface area is 159 Å². The van der Waals surface area contributed by atoms with Crippen molar-refractivity contribution >= 4 is 27.8 Å². The van der Waals surface area contributed by atoms with E-state index in [9.17, 15) is 0 Å². The molecule has 4 heteroatoms. The number of hydrogen-bond donors (Lipinski definition) is 1. The molecule has 0 bridgehead atoms. The number of para-hydroxylation sites is 1. The molecule has 26 heavy (non-hydrogen) atoms. The maximum Gasteiger partial charge on any atom is 0.157 e. The summed E-state index contributed by atoms with van der Waals surface area (Å²) in [7, 11) is 0. The van der Waals surface area contributed by atoms with E-state index in [1.54, 1.807) is 11.8 Å². The third-order valence-corrected chi connectivity index (χ3v) is 5.55. The Kier molecular flexibility index (Phi) is 4.93. The lowest BCUT2D eigenvalue weighted by Gasteiger charge is -2.22. The standard InChI is InChI=1S/C22H23N3S/c1-15-11-16(2)13-17(12-15)14-20(25-22-24-9-10-26-22)19-7-3-5-18-6-4-8-23-21(18)19/h3-8,11-13,20H,9-10,14H2,1-2H3,(H,24,25). The summed E-state index contributed by atoms with van der Waals surface area (Å²) in [5.41, 5.74) is 6.26. The Morgan fingerprint density at radius 3 is 2.65 bits per heavy atom. The third kappa shape index (κ3) is 3.75. The molecule has 1 aromatic heterocycles. The highest BCUT2D eigenvalue weighted by Gasteiger charge is 2.19. The number of benzene rings is 2. The first-order valence-corrected chi connectivity index (χ1v) is 10.0. The van der Waals surface area contributed by atoms with Gasteiger partial charge in [-0.2, -0.15) is 0 Å². The molecule has 0 spiro atoms. The average Bonchev–Trinajstić information content (AvgIpc) is 3.13. The summed E-state index contributed by atoms with van der Waals surface area (Å²) in [5, 5.41) is 5.91. The fraction of sp³-hybridized carbons (Fsp3) is 0.273. The monoisotopic (exact) mass is 361 g/mol. The molecule has 3 aromatic rings. The van der Waals surface area contributed by atoms with Crippen LogP contribution in [0.1, 0.15) is 28.3 Å². The molecule has 4 rings (SSSR count). The van der Waals surface area contributed by atoms with Gasteiger partial charge in [0, 0.05) is 22.9 Å². The van der Waals surface area contributed by atoms with E-state index < -0.39 is 0 Å². The summed E-state index contributed by atoms with van der Waals surface area (Å²) in [6, 6.07) is 17.5. The van der Waals surface area contributed by atoms with Gasteiger partial charge in [0.25, 0.3) is 0 Å². The molecule has 3 nitrogen and oxygen atoms in total. The first kappa shape index (κ1) is 17.1. The van der Waals surface area contributed by atoms with Crippen molar-refractivity contribution in [3.63, 3.8) is 0 Å². The summed E-state index contributed by atoms with van der Waals surface area (Å²) in [6.07, 6.45) is 2.79. The second-order valence-electron chi connectivity index (χ2n) is 6.85. The Morgan fingerprint density at radius 2 is 1.88 bits per heavy atom. The van der Waals surface area contributed by atoms with Crippen LogP contribution >= 0.6 is 11.8 Å². The zero-order valence-electron chi connectivity index (χ0n) is 15.2. The molecular weight excluding hydrogens is 338 g/mol. The average molecular weight is 362 g/mol. The number of hydrogen-bond acceptors (Lipinski definition) is 4. The second-order valence-corrected chi connectivity index (χ2v) is 7.94. The van der Waals surface area contributed by atoms with Gasteiger partial charge in [0.15, 0.2) is 5.17 Å². The number of aromatic nitrogens is 1. The van der Waals surface area contributed by atoms with E-state index in [4.69, 9.17) is 0 Å². The van der Waals surface area contributed by atoms with Crippen LogP contribution < -0.4 is 5.32 Å². The van der Waals surface area contributed by atoms with Crippen molar-refractivity contribution in [2.45, 2.75) is 26.3 Å². The predicted octanol–water partition coefficient (Wildman–Crippen LogP) is 4.83. The quantitative estimate of drug-likeness (QED) is 0.723. The summed E-state index contributed by atoms with van der Waals surface area (Å²) in [6.45, 7) is 5.22. The number of aryl methyl sites for hydroxylation is 2. The van der Waals surface area contributed by atoms with Gasteiger partial charge in [0.2, 0.25) is 0 Å². The van der Waals surface area contributed by atoms with Gasteiger partial charge in [-0.15, -0.1) is 0 Å². The number of nitrogens with zero attached hydrogens (tertiary/aromatic N) is 2. The SMILES string of the molecule is Cc1cc(C)cc(CC(NC2=NCCS2)c2cccc3cccnc23)c1. The lowest BCUT2D eigenvalue weighted by Crippen LogP contribution is -2.27. The number of pyridine rings is 1. The van der Waals surface area contributed by atoms with Crippen molar-refractivity contribution in [2.24, 2.45) is 4.99 Å². The lowest BCUT2D eigenvalue weighted by atomic mass is 9.95. The summed E-state index contributed by atoms with van der Waals surface area (Å²) in [4.78, 5) is 9.27. The van der Waals surface area contributed by atoms with E-state index in [2.05, 4.69) is 71.6 Å². The first-order valence-electron chi connectivity index (χ1n) is 9.04. The highest BCUT2D eigenvalue weighted by molar-refractivity contribution is 8.14. The largest absolute Gasteiger partial charge is 0.358 e. The number of thioether (sulfide) groups is 1. The van der Waals surface area contributed by atoms with Crippen molar-refractivity contribution in [1.82, 2.24) is 10.3 Å². The van der Waals surface area contributed by atoms with Gasteiger partial charge in [-0.25, -0.2) is 0 Å². The van der Waals surface area contributed by atoms with Gasteiger partial charge in [0.1, 0.15) is 0 Å². The minimum atomic E-state index is 0.152. The topological polar surface area (TPSA) is 37.3 Å². The van der Waals surface area contributed by atoms with Crippen LogP contribution in [0.25, 0.3) is 10.9 Å². The van der Waals surface area contributed by atoms with Crippen LogP contribution in [0.15, 0.2) is 59.7 Å². The van der Waals surface area contributed by atoms with Crippen LogP contribution in [0.3, 0.4) is 0 Å². The van der Waals surface area contributed by atoms with Gasteiger partial charge in [-0.3, -0.25) is 9.98 Å². The molecule has 1 aliphatic rings. The molecule has 0 radical (unpaired) electrons. The van der Waals surface area contributed by atoms with Crippen LogP contribution in [-0.2, 0) is 6.42 Å². The van der Waals surface area contributed by atoms with E-state index in [-0.39, 0.29) is 6.04 Å². The third-order valence-electron chi connectivity index (χ3n) is 4.64. The van der Waals surface area contributed by atoms with Crippen LogP contribution in [0.4, 0.5) is 0 Å². The normalized spacial score (nSPS) is 15.1. The van der Waals surface area contributed by atoms with Crippen molar-refractivity contribution in [2.75, 3.05) is 12.3 Å². The molecular formula is C22H23N3S. The minimum Gasteiger partial charge on any atom is -0.358 e. The van der Waals surface area contributed by atoms with Crippen LogP contribution in [0, 0.1) is 13.8 Å². The lowest BCUT2D eigenvalue weighted by molar-refractivity contribution is 0.651. The van der Waals surface area contributed by atoms with Gasteiger partial charge in [-0.05, 0) is 31.9 Å². The van der Waals surface area contributed by atoms with Crippen molar-refractivity contribution in [1.29, 1.82) is 0 Å². The maximum atomic E-state index is 4.67. The molecule has 0 saturated carbocycles. The minimum absolute atomic E-state index is 0.152. The molecule has 0 aliphatic carbocycles. The summed E-state index contributed by atoms with van der Waals surface area (Å²) >= 11 is 1.81. The zero-order valence-corrected chi connectivity index (χ0v) is 16.0. The number of amidine groups is 1. The maximum absolute atomic E-state index is 4.67. The van der Waals surface area contributed by atoms with Gasteiger partial charge < -0.3 is 5.32 Å². The number of fused-ring (bicyclic) bond motifs is 1. The van der Waals surface area contributed by atoms with Crippen LogP contribution in [-0.4, -0.2) is 22.4 Å². The van der Waals surface area contributed by atoms with E-state index in [0.29, 0.717) is 0 Å². The molecule has 0 amide bonds. The highest BCUT2D eigenvalue weighted by Crippen LogP contribution is 2.27. The van der Waals surface area contributed by atoms with E-state index in [1.807, 2.05) is 12.3 Å². The molecule has 0 fully saturated rings.